The number of nitrogens with two attached hydrogens (primary N) is 2. The van der Waals surface area contributed by atoms with Crippen LogP contribution in [0.25, 0.3) is 0 Å². The van der Waals surface area contributed by atoms with Crippen LogP contribution in [0.1, 0.15) is 23.2 Å². The predicted octanol–water partition coefficient (Wildman–Crippen LogP) is 1.01. The first-order valence-corrected chi connectivity index (χ1v) is 6.92. The van der Waals surface area contributed by atoms with Crippen molar-refractivity contribution in [2.75, 3.05) is 30.7 Å². The fraction of sp³-hybridized carbons (Fsp3) is 0.500. The predicted molar refractivity (Wildman–Crippen MR) is 75.9 cm³/mol. The zero-order valence-electron chi connectivity index (χ0n) is 11.2. The van der Waals surface area contributed by atoms with Crippen molar-refractivity contribution in [3.05, 3.63) is 23.5 Å². The first kappa shape index (κ1) is 13.2. The summed E-state index contributed by atoms with van der Waals surface area (Å²) in [5, 5.41) is 3.22. The number of nitrogens with zero attached hydrogens (tertiary/aromatic N) is 1. The lowest BCUT2D eigenvalue weighted by Gasteiger charge is -2.45. The van der Waals surface area contributed by atoms with Crippen LogP contribution in [0.15, 0.2) is 12.1 Å². The highest BCUT2D eigenvalue weighted by molar-refractivity contribution is 5.99. The molecule has 3 heterocycles. The average molecular weight is 278 g/mol. The van der Waals surface area contributed by atoms with Gasteiger partial charge in [0.1, 0.15) is 5.82 Å². The molecule has 4 rings (SSSR count). The maximum atomic E-state index is 14.0. The first-order valence-electron chi connectivity index (χ1n) is 6.92. The molecule has 0 aromatic heterocycles. The molecule has 1 unspecified atom stereocenters. The molecule has 1 aromatic carbocycles. The van der Waals surface area contributed by atoms with E-state index in [1.54, 1.807) is 0 Å². The summed E-state index contributed by atoms with van der Waals surface area (Å²) in [4.78, 5) is 13.7. The monoisotopic (exact) mass is 278 g/mol. The number of anilines is 2. The van der Waals surface area contributed by atoms with Gasteiger partial charge in [-0.15, -0.1) is 0 Å². The van der Waals surface area contributed by atoms with Crippen LogP contribution in [0.2, 0.25) is 0 Å². The molecule has 3 fully saturated rings. The molecule has 1 amide bonds. The summed E-state index contributed by atoms with van der Waals surface area (Å²) in [6, 6.07) is 2.80. The Hall–Kier alpha value is -1.82. The second kappa shape index (κ2) is 4.94. The van der Waals surface area contributed by atoms with Crippen molar-refractivity contribution < 1.29 is 9.18 Å². The number of rotatable bonds is 3. The van der Waals surface area contributed by atoms with E-state index >= 15 is 0 Å². The molecule has 0 aliphatic carbocycles. The maximum absolute atomic E-state index is 14.0. The zero-order chi connectivity index (χ0) is 14.3. The Balaban J connectivity index is 1.83. The van der Waals surface area contributed by atoms with Gasteiger partial charge >= 0.3 is 0 Å². The van der Waals surface area contributed by atoms with Gasteiger partial charge < -0.3 is 21.7 Å². The van der Waals surface area contributed by atoms with Crippen molar-refractivity contribution in [3.8, 4) is 0 Å². The van der Waals surface area contributed by atoms with E-state index in [0.717, 1.165) is 38.5 Å². The Morgan fingerprint density at radius 2 is 2.05 bits per heavy atom. The minimum Gasteiger partial charge on any atom is -0.398 e. The van der Waals surface area contributed by atoms with Crippen molar-refractivity contribution in [1.82, 2.24) is 4.90 Å². The largest absolute Gasteiger partial charge is 0.398 e. The Kier molecular flexibility index (Phi) is 3.25. The third kappa shape index (κ3) is 2.31. The molecule has 5 nitrogen and oxygen atoms in total. The van der Waals surface area contributed by atoms with Gasteiger partial charge in [-0.1, -0.05) is 0 Å². The molecule has 3 aliphatic heterocycles. The molecule has 108 valence electrons. The number of hydrogen-bond donors (Lipinski definition) is 3. The van der Waals surface area contributed by atoms with Gasteiger partial charge in [-0.3, -0.25) is 4.79 Å². The Labute approximate surface area is 117 Å². The van der Waals surface area contributed by atoms with Crippen LogP contribution < -0.4 is 16.8 Å². The standard InChI is InChI=1S/C14H19FN4O/c15-10-6-11(16)9(14(17)20)5-12(10)18-13-7-19-3-1-8(13)2-4-19/h5-6,8,13,18H,1-4,7,16H2,(H2,17,20). The lowest BCUT2D eigenvalue weighted by molar-refractivity contribution is 0.0973. The Bertz CT molecular complexity index is 540. The minimum absolute atomic E-state index is 0.0782. The summed E-state index contributed by atoms with van der Waals surface area (Å²) in [5.41, 5.74) is 11.4. The molecule has 0 saturated carbocycles. The van der Waals surface area contributed by atoms with E-state index in [-0.39, 0.29) is 17.3 Å². The van der Waals surface area contributed by atoms with Crippen LogP contribution in [-0.4, -0.2) is 36.5 Å². The summed E-state index contributed by atoms with van der Waals surface area (Å²) in [6.45, 7) is 3.17. The summed E-state index contributed by atoms with van der Waals surface area (Å²) in [5.74, 6) is -0.516. The lowest BCUT2D eigenvalue weighted by Crippen LogP contribution is -2.53. The highest BCUT2D eigenvalue weighted by Gasteiger charge is 2.34. The van der Waals surface area contributed by atoms with Gasteiger partial charge in [0.05, 0.1) is 11.3 Å². The van der Waals surface area contributed by atoms with Gasteiger partial charge in [0.25, 0.3) is 5.91 Å². The van der Waals surface area contributed by atoms with Crippen LogP contribution in [0, 0.1) is 11.7 Å². The maximum Gasteiger partial charge on any atom is 0.250 e. The van der Waals surface area contributed by atoms with Crippen LogP contribution in [-0.2, 0) is 0 Å². The SMILES string of the molecule is NC(=O)c1cc(NC2CN3CCC2CC3)c(F)cc1N. The number of primary amides is 1. The number of fused-ring (bicyclic) bond motifs is 3. The van der Waals surface area contributed by atoms with E-state index in [1.165, 1.54) is 6.07 Å². The van der Waals surface area contributed by atoms with Crippen molar-refractivity contribution >= 4 is 17.3 Å². The van der Waals surface area contributed by atoms with Gasteiger partial charge in [-0.25, -0.2) is 4.39 Å². The summed E-state index contributed by atoms with van der Waals surface area (Å²) in [6.07, 6.45) is 2.27. The molecule has 5 N–H and O–H groups in total. The number of carbonyl (C=O) groups is 1. The number of halogens is 1. The molecule has 1 atom stereocenters. The van der Waals surface area contributed by atoms with Crippen LogP contribution in [0.3, 0.4) is 0 Å². The average Bonchev–Trinajstić information content (AvgIpc) is 2.43. The van der Waals surface area contributed by atoms with Crippen LogP contribution in [0.4, 0.5) is 15.8 Å². The molecule has 2 bridgehead atoms. The van der Waals surface area contributed by atoms with Crippen LogP contribution in [0.5, 0.6) is 0 Å². The van der Waals surface area contributed by atoms with Gasteiger partial charge in [0.15, 0.2) is 0 Å². The number of benzene rings is 1. The first-order chi connectivity index (χ1) is 9.54. The fourth-order valence-electron chi connectivity index (χ4n) is 3.24. The second-order valence-electron chi connectivity index (χ2n) is 5.67. The molecular weight excluding hydrogens is 259 g/mol. The van der Waals surface area contributed by atoms with E-state index < -0.39 is 11.7 Å². The Morgan fingerprint density at radius 1 is 1.35 bits per heavy atom. The number of nitrogen functional groups attached to an aromatic ring is 1. The van der Waals surface area contributed by atoms with E-state index in [1.807, 2.05) is 0 Å². The molecular formula is C14H19FN4O. The third-order valence-corrected chi connectivity index (χ3v) is 4.40. The highest BCUT2D eigenvalue weighted by Crippen LogP contribution is 2.31. The van der Waals surface area contributed by atoms with E-state index in [0.29, 0.717) is 11.6 Å². The topological polar surface area (TPSA) is 84.4 Å². The molecule has 6 heteroatoms. The lowest BCUT2D eigenvalue weighted by atomic mass is 9.84. The Morgan fingerprint density at radius 3 is 2.60 bits per heavy atom. The van der Waals surface area contributed by atoms with Crippen molar-refractivity contribution in [1.29, 1.82) is 0 Å². The number of carbonyl (C=O) groups excluding carboxylic acids is 1. The quantitative estimate of drug-likeness (QED) is 0.721. The molecule has 0 spiro atoms. The van der Waals surface area contributed by atoms with Crippen molar-refractivity contribution in [2.24, 2.45) is 11.7 Å². The second-order valence-corrected chi connectivity index (χ2v) is 5.67. The van der Waals surface area contributed by atoms with Gasteiger partial charge in [0.2, 0.25) is 0 Å². The minimum atomic E-state index is -0.639. The molecule has 20 heavy (non-hydrogen) atoms. The summed E-state index contributed by atoms with van der Waals surface area (Å²) in [7, 11) is 0. The normalized spacial score (nSPS) is 28.4. The van der Waals surface area contributed by atoms with Gasteiger partial charge in [-0.05, 0) is 44.0 Å². The molecule has 1 aromatic rings. The summed E-state index contributed by atoms with van der Waals surface area (Å²) >= 11 is 0. The van der Waals surface area contributed by atoms with Gasteiger partial charge in [0, 0.05) is 18.3 Å². The van der Waals surface area contributed by atoms with Crippen molar-refractivity contribution in [2.45, 2.75) is 18.9 Å². The number of hydrogen-bond acceptors (Lipinski definition) is 4. The molecule has 3 aliphatic rings. The van der Waals surface area contributed by atoms with Gasteiger partial charge in [-0.2, -0.15) is 0 Å². The van der Waals surface area contributed by atoms with Crippen LogP contribution >= 0.6 is 0 Å². The smallest absolute Gasteiger partial charge is 0.250 e. The summed E-state index contributed by atoms with van der Waals surface area (Å²) < 4.78 is 14.0. The van der Waals surface area contributed by atoms with E-state index in [2.05, 4.69) is 10.2 Å². The van der Waals surface area contributed by atoms with E-state index in [4.69, 9.17) is 11.5 Å². The molecule has 3 saturated heterocycles. The molecule has 0 radical (unpaired) electrons. The zero-order valence-corrected chi connectivity index (χ0v) is 11.2. The number of nitrogens with one attached hydrogen (secondary N) is 1. The highest BCUT2D eigenvalue weighted by atomic mass is 19.1. The fourth-order valence-corrected chi connectivity index (χ4v) is 3.24. The van der Waals surface area contributed by atoms with E-state index in [9.17, 15) is 9.18 Å². The van der Waals surface area contributed by atoms with Crippen molar-refractivity contribution in [3.63, 3.8) is 0 Å². The number of amides is 1. The third-order valence-electron chi connectivity index (χ3n) is 4.40. The number of piperidine rings is 3.